The predicted octanol–water partition coefficient (Wildman–Crippen LogP) is 2.38. The molecule has 0 fully saturated rings. The summed E-state index contributed by atoms with van der Waals surface area (Å²) in [7, 11) is 1.63. The molecule has 0 bridgehead atoms. The Morgan fingerprint density at radius 2 is 2.21 bits per heavy atom. The van der Waals surface area contributed by atoms with Gasteiger partial charge in [0.05, 0.1) is 7.11 Å². The molecule has 5 heteroatoms. The SMILES string of the molecule is COc1cccc(-c2ccc(CC(N)C(=O)O)s2)c1. The van der Waals surface area contributed by atoms with Crippen LogP contribution in [0.2, 0.25) is 0 Å². The van der Waals surface area contributed by atoms with Crippen LogP contribution in [-0.4, -0.2) is 24.2 Å². The van der Waals surface area contributed by atoms with Gasteiger partial charge >= 0.3 is 5.97 Å². The maximum Gasteiger partial charge on any atom is 0.320 e. The monoisotopic (exact) mass is 277 g/mol. The summed E-state index contributed by atoms with van der Waals surface area (Å²) in [6.45, 7) is 0. The topological polar surface area (TPSA) is 72.5 Å². The van der Waals surface area contributed by atoms with Crippen molar-refractivity contribution in [2.75, 3.05) is 7.11 Å². The summed E-state index contributed by atoms with van der Waals surface area (Å²) >= 11 is 1.55. The van der Waals surface area contributed by atoms with E-state index < -0.39 is 12.0 Å². The van der Waals surface area contributed by atoms with Crippen LogP contribution in [0.3, 0.4) is 0 Å². The van der Waals surface area contributed by atoms with E-state index in [0.717, 1.165) is 21.1 Å². The van der Waals surface area contributed by atoms with Crippen LogP contribution in [0.15, 0.2) is 36.4 Å². The molecular weight excluding hydrogens is 262 g/mol. The molecule has 0 spiro atoms. The molecule has 4 nitrogen and oxygen atoms in total. The normalized spacial score (nSPS) is 12.1. The van der Waals surface area contributed by atoms with Gasteiger partial charge in [-0.2, -0.15) is 0 Å². The third kappa shape index (κ3) is 3.33. The number of rotatable bonds is 5. The molecule has 0 amide bonds. The van der Waals surface area contributed by atoms with E-state index in [2.05, 4.69) is 0 Å². The number of hydrogen-bond donors (Lipinski definition) is 2. The molecule has 19 heavy (non-hydrogen) atoms. The number of carbonyl (C=O) groups is 1. The van der Waals surface area contributed by atoms with Crippen LogP contribution in [0.4, 0.5) is 0 Å². The largest absolute Gasteiger partial charge is 0.497 e. The fourth-order valence-electron chi connectivity index (χ4n) is 1.72. The molecule has 0 aliphatic carbocycles. The third-order valence-corrected chi connectivity index (χ3v) is 3.91. The van der Waals surface area contributed by atoms with E-state index >= 15 is 0 Å². The fraction of sp³-hybridized carbons (Fsp3) is 0.214. The van der Waals surface area contributed by atoms with Crippen molar-refractivity contribution in [3.05, 3.63) is 41.3 Å². The van der Waals surface area contributed by atoms with Crippen molar-refractivity contribution in [3.8, 4) is 16.2 Å². The molecule has 1 unspecified atom stereocenters. The van der Waals surface area contributed by atoms with Crippen LogP contribution in [0.1, 0.15) is 4.88 Å². The van der Waals surface area contributed by atoms with E-state index in [1.54, 1.807) is 18.4 Å². The Morgan fingerprint density at radius 3 is 2.89 bits per heavy atom. The molecule has 3 N–H and O–H groups in total. The predicted molar refractivity (Wildman–Crippen MR) is 75.6 cm³/mol. The maximum atomic E-state index is 10.7. The molecular formula is C14H15NO3S. The Kier molecular flexibility index (Phi) is 4.19. The quantitative estimate of drug-likeness (QED) is 0.880. The van der Waals surface area contributed by atoms with Crippen molar-refractivity contribution in [2.24, 2.45) is 5.73 Å². The number of benzene rings is 1. The van der Waals surface area contributed by atoms with Crippen molar-refractivity contribution >= 4 is 17.3 Å². The highest BCUT2D eigenvalue weighted by Gasteiger charge is 2.13. The Bertz CT molecular complexity index is 580. The number of methoxy groups -OCH3 is 1. The molecule has 2 aromatic rings. The average Bonchev–Trinajstić information content (AvgIpc) is 2.87. The zero-order chi connectivity index (χ0) is 13.8. The lowest BCUT2D eigenvalue weighted by Gasteiger charge is -2.03. The molecule has 2 rings (SSSR count). The second kappa shape index (κ2) is 5.86. The Morgan fingerprint density at radius 1 is 1.42 bits per heavy atom. The summed E-state index contributed by atoms with van der Waals surface area (Å²) < 4.78 is 5.19. The summed E-state index contributed by atoms with van der Waals surface area (Å²) in [5, 5.41) is 8.80. The van der Waals surface area contributed by atoms with Crippen molar-refractivity contribution in [2.45, 2.75) is 12.5 Å². The summed E-state index contributed by atoms with van der Waals surface area (Å²) in [5.41, 5.74) is 6.58. The van der Waals surface area contributed by atoms with Gasteiger partial charge in [0.15, 0.2) is 0 Å². The second-order valence-electron chi connectivity index (χ2n) is 4.15. The molecule has 0 saturated carbocycles. The number of carboxylic acids is 1. The van der Waals surface area contributed by atoms with E-state index in [4.69, 9.17) is 15.6 Å². The van der Waals surface area contributed by atoms with Gasteiger partial charge in [0, 0.05) is 16.2 Å². The van der Waals surface area contributed by atoms with Gasteiger partial charge in [-0.3, -0.25) is 4.79 Å². The first-order chi connectivity index (χ1) is 9.10. The van der Waals surface area contributed by atoms with Crippen LogP contribution in [0.5, 0.6) is 5.75 Å². The highest BCUT2D eigenvalue weighted by Crippen LogP contribution is 2.30. The molecule has 1 heterocycles. The van der Waals surface area contributed by atoms with Gasteiger partial charge < -0.3 is 15.6 Å². The summed E-state index contributed by atoms with van der Waals surface area (Å²) in [4.78, 5) is 12.8. The minimum absolute atomic E-state index is 0.351. The van der Waals surface area contributed by atoms with Gasteiger partial charge in [-0.15, -0.1) is 11.3 Å². The van der Waals surface area contributed by atoms with Gasteiger partial charge in [-0.25, -0.2) is 0 Å². The lowest BCUT2D eigenvalue weighted by atomic mass is 10.1. The molecule has 0 aliphatic rings. The maximum absolute atomic E-state index is 10.7. The summed E-state index contributed by atoms with van der Waals surface area (Å²) in [6, 6.07) is 10.8. The van der Waals surface area contributed by atoms with Crippen molar-refractivity contribution in [1.82, 2.24) is 0 Å². The third-order valence-electron chi connectivity index (χ3n) is 2.75. The minimum Gasteiger partial charge on any atom is -0.497 e. The van der Waals surface area contributed by atoms with Gasteiger partial charge in [-0.05, 0) is 29.8 Å². The molecule has 1 atom stereocenters. The van der Waals surface area contributed by atoms with Crippen LogP contribution in [0, 0.1) is 0 Å². The smallest absolute Gasteiger partial charge is 0.320 e. The summed E-state index contributed by atoms with van der Waals surface area (Å²) in [5.74, 6) is -0.175. The molecule has 0 radical (unpaired) electrons. The number of thiophene rings is 1. The van der Waals surface area contributed by atoms with Gasteiger partial charge in [-0.1, -0.05) is 12.1 Å². The lowest BCUT2D eigenvalue weighted by Crippen LogP contribution is -2.31. The number of carboxylic acid groups (broad SMARTS) is 1. The second-order valence-corrected chi connectivity index (χ2v) is 5.32. The van der Waals surface area contributed by atoms with Crippen molar-refractivity contribution in [1.29, 1.82) is 0 Å². The van der Waals surface area contributed by atoms with Crippen LogP contribution >= 0.6 is 11.3 Å². The Hall–Kier alpha value is -1.85. The van der Waals surface area contributed by atoms with E-state index in [1.807, 2.05) is 36.4 Å². The molecule has 0 saturated heterocycles. The number of ether oxygens (including phenoxy) is 1. The minimum atomic E-state index is -0.976. The van der Waals surface area contributed by atoms with Gasteiger partial charge in [0.1, 0.15) is 11.8 Å². The zero-order valence-corrected chi connectivity index (χ0v) is 11.3. The lowest BCUT2D eigenvalue weighted by molar-refractivity contribution is -0.138. The average molecular weight is 277 g/mol. The standard InChI is InChI=1S/C14H15NO3S/c1-18-10-4-2-3-9(7-10)13-6-5-11(19-13)8-12(15)14(16)17/h2-7,12H,8,15H2,1H3,(H,16,17). The molecule has 1 aromatic heterocycles. The van der Waals surface area contributed by atoms with Crippen molar-refractivity contribution in [3.63, 3.8) is 0 Å². The van der Waals surface area contributed by atoms with E-state index in [0.29, 0.717) is 6.42 Å². The molecule has 1 aromatic carbocycles. The Balaban J connectivity index is 2.18. The highest BCUT2D eigenvalue weighted by atomic mass is 32.1. The number of hydrogen-bond acceptors (Lipinski definition) is 4. The van der Waals surface area contributed by atoms with Crippen LogP contribution in [-0.2, 0) is 11.2 Å². The molecule has 0 aliphatic heterocycles. The van der Waals surface area contributed by atoms with Crippen LogP contribution in [0.25, 0.3) is 10.4 Å². The van der Waals surface area contributed by atoms with Crippen molar-refractivity contribution < 1.29 is 14.6 Å². The summed E-state index contributed by atoms with van der Waals surface area (Å²) in [6.07, 6.45) is 0.351. The zero-order valence-electron chi connectivity index (χ0n) is 10.5. The number of nitrogens with two attached hydrogens (primary N) is 1. The molecule has 100 valence electrons. The first kappa shape index (κ1) is 13.6. The highest BCUT2D eigenvalue weighted by molar-refractivity contribution is 7.15. The van der Waals surface area contributed by atoms with Crippen LogP contribution < -0.4 is 10.5 Å². The first-order valence-electron chi connectivity index (χ1n) is 5.81. The fourth-order valence-corrected chi connectivity index (χ4v) is 2.79. The van der Waals surface area contributed by atoms with Gasteiger partial charge in [0.2, 0.25) is 0 Å². The number of aliphatic carboxylic acids is 1. The van der Waals surface area contributed by atoms with Gasteiger partial charge in [0.25, 0.3) is 0 Å². The first-order valence-corrected chi connectivity index (χ1v) is 6.63. The Labute approximate surface area is 115 Å². The van der Waals surface area contributed by atoms with E-state index in [9.17, 15) is 4.79 Å². The van der Waals surface area contributed by atoms with E-state index in [-0.39, 0.29) is 0 Å². The van der Waals surface area contributed by atoms with E-state index in [1.165, 1.54) is 0 Å².